The Kier molecular flexibility index (Phi) is 4.40. The number of hydrogen-bond donors (Lipinski definition) is 1. The molecule has 0 spiro atoms. The highest BCUT2D eigenvalue weighted by Crippen LogP contribution is 2.24. The predicted molar refractivity (Wildman–Crippen MR) is 63.6 cm³/mol. The van der Waals surface area contributed by atoms with Crippen LogP contribution in [0.3, 0.4) is 0 Å². The van der Waals surface area contributed by atoms with Crippen LogP contribution in [0.1, 0.15) is 26.2 Å². The molecule has 0 saturated heterocycles. The van der Waals surface area contributed by atoms with Gasteiger partial charge in [0, 0.05) is 13.6 Å². The van der Waals surface area contributed by atoms with Crippen LogP contribution in [0.15, 0.2) is 18.2 Å². The van der Waals surface area contributed by atoms with Crippen LogP contribution in [0.25, 0.3) is 0 Å². The van der Waals surface area contributed by atoms with Gasteiger partial charge in [-0.1, -0.05) is 25.8 Å². The number of benzene rings is 1. The summed E-state index contributed by atoms with van der Waals surface area (Å²) in [5.41, 5.74) is 6.70. The van der Waals surface area contributed by atoms with Crippen molar-refractivity contribution >= 4 is 11.4 Å². The lowest BCUT2D eigenvalue weighted by molar-refractivity contribution is 0.631. The highest BCUT2D eigenvalue weighted by Gasteiger charge is 2.07. The van der Waals surface area contributed by atoms with Crippen molar-refractivity contribution in [1.29, 1.82) is 0 Å². The lowest BCUT2D eigenvalue weighted by Gasteiger charge is -2.21. The van der Waals surface area contributed by atoms with Gasteiger partial charge in [0.05, 0.1) is 11.4 Å². The topological polar surface area (TPSA) is 29.3 Å². The molecule has 0 amide bonds. The van der Waals surface area contributed by atoms with Crippen LogP contribution in [0.4, 0.5) is 15.8 Å². The minimum Gasteiger partial charge on any atom is -0.395 e. The van der Waals surface area contributed by atoms with Crippen molar-refractivity contribution in [2.75, 3.05) is 24.2 Å². The second-order valence-electron chi connectivity index (χ2n) is 3.80. The molecule has 0 heterocycles. The summed E-state index contributed by atoms with van der Waals surface area (Å²) in [6.07, 6.45) is 3.50. The second-order valence-corrected chi connectivity index (χ2v) is 3.80. The summed E-state index contributed by atoms with van der Waals surface area (Å²) >= 11 is 0. The first-order valence-corrected chi connectivity index (χ1v) is 5.42. The Hall–Kier alpha value is -1.25. The molecule has 0 fully saturated rings. The minimum atomic E-state index is -0.338. The molecule has 1 aromatic rings. The number of hydrogen-bond acceptors (Lipinski definition) is 2. The molecule has 3 heteroatoms. The number of anilines is 2. The lowest BCUT2D eigenvalue weighted by Crippen LogP contribution is -2.20. The maximum Gasteiger partial charge on any atom is 0.148 e. The van der Waals surface area contributed by atoms with Crippen molar-refractivity contribution in [3.63, 3.8) is 0 Å². The maximum atomic E-state index is 13.2. The Labute approximate surface area is 90.9 Å². The molecule has 0 radical (unpaired) electrons. The fraction of sp³-hybridized carbons (Fsp3) is 0.500. The van der Waals surface area contributed by atoms with Crippen molar-refractivity contribution < 1.29 is 4.39 Å². The van der Waals surface area contributed by atoms with Gasteiger partial charge in [-0.15, -0.1) is 0 Å². The third-order valence-corrected chi connectivity index (χ3v) is 2.54. The quantitative estimate of drug-likeness (QED) is 0.598. The summed E-state index contributed by atoms with van der Waals surface area (Å²) in [4.78, 5) is 2.01. The molecule has 15 heavy (non-hydrogen) atoms. The standard InChI is InChI=1S/C12H19FN2/c1-3-4-5-9-15(2)11-8-6-7-10(13)12(11)14/h6-8H,3-5,9,14H2,1-2H3. The highest BCUT2D eigenvalue weighted by atomic mass is 19.1. The number of unbranched alkanes of at least 4 members (excludes halogenated alkanes) is 2. The molecule has 0 aliphatic heterocycles. The summed E-state index contributed by atoms with van der Waals surface area (Å²) in [5, 5.41) is 0. The molecule has 0 aliphatic carbocycles. The fourth-order valence-corrected chi connectivity index (χ4v) is 1.58. The molecule has 2 nitrogen and oxygen atoms in total. The molecule has 2 N–H and O–H groups in total. The van der Waals surface area contributed by atoms with Crippen molar-refractivity contribution in [1.82, 2.24) is 0 Å². The van der Waals surface area contributed by atoms with Gasteiger partial charge in [-0.2, -0.15) is 0 Å². The van der Waals surface area contributed by atoms with E-state index in [2.05, 4.69) is 6.92 Å². The normalized spacial score (nSPS) is 10.3. The average Bonchev–Trinajstić information content (AvgIpc) is 2.22. The number of nitrogen functional groups attached to an aromatic ring is 1. The Morgan fingerprint density at radius 3 is 2.73 bits per heavy atom. The predicted octanol–water partition coefficient (Wildman–Crippen LogP) is 3.03. The fourth-order valence-electron chi connectivity index (χ4n) is 1.58. The number of nitrogens with zero attached hydrogens (tertiary/aromatic N) is 1. The SMILES string of the molecule is CCCCCN(C)c1cccc(F)c1N. The van der Waals surface area contributed by atoms with Crippen molar-refractivity contribution in [3.8, 4) is 0 Å². The molecular formula is C12H19FN2. The van der Waals surface area contributed by atoms with Gasteiger partial charge in [0.2, 0.25) is 0 Å². The summed E-state index contributed by atoms with van der Waals surface area (Å²) in [7, 11) is 1.95. The number of para-hydroxylation sites is 1. The zero-order valence-corrected chi connectivity index (χ0v) is 9.46. The van der Waals surface area contributed by atoms with E-state index in [4.69, 9.17) is 5.73 Å². The van der Waals surface area contributed by atoms with Gasteiger partial charge in [-0.05, 0) is 18.6 Å². The Morgan fingerprint density at radius 1 is 1.33 bits per heavy atom. The zero-order valence-electron chi connectivity index (χ0n) is 9.46. The molecular weight excluding hydrogens is 191 g/mol. The first kappa shape index (κ1) is 11.8. The van der Waals surface area contributed by atoms with E-state index >= 15 is 0 Å². The van der Waals surface area contributed by atoms with Crippen LogP contribution in [-0.4, -0.2) is 13.6 Å². The maximum absolute atomic E-state index is 13.2. The number of halogens is 1. The van der Waals surface area contributed by atoms with E-state index in [1.807, 2.05) is 18.0 Å². The van der Waals surface area contributed by atoms with Crippen LogP contribution in [-0.2, 0) is 0 Å². The third-order valence-electron chi connectivity index (χ3n) is 2.54. The van der Waals surface area contributed by atoms with E-state index < -0.39 is 0 Å². The van der Waals surface area contributed by atoms with Crippen LogP contribution < -0.4 is 10.6 Å². The summed E-state index contributed by atoms with van der Waals surface area (Å²) in [6, 6.07) is 4.93. The van der Waals surface area contributed by atoms with Crippen LogP contribution in [0.5, 0.6) is 0 Å². The minimum absolute atomic E-state index is 0.247. The molecule has 0 unspecified atom stereocenters. The van der Waals surface area contributed by atoms with Gasteiger partial charge in [-0.3, -0.25) is 0 Å². The summed E-state index contributed by atoms with van der Waals surface area (Å²) in [5.74, 6) is -0.338. The van der Waals surface area contributed by atoms with Crippen LogP contribution in [0, 0.1) is 5.82 Å². The van der Waals surface area contributed by atoms with Gasteiger partial charge in [-0.25, -0.2) is 4.39 Å². The van der Waals surface area contributed by atoms with Crippen molar-refractivity contribution in [3.05, 3.63) is 24.0 Å². The van der Waals surface area contributed by atoms with Crippen LogP contribution >= 0.6 is 0 Å². The largest absolute Gasteiger partial charge is 0.395 e. The first-order chi connectivity index (χ1) is 7.16. The first-order valence-electron chi connectivity index (χ1n) is 5.42. The number of rotatable bonds is 5. The van der Waals surface area contributed by atoms with E-state index in [1.54, 1.807) is 6.07 Å². The van der Waals surface area contributed by atoms with E-state index in [0.717, 1.165) is 18.7 Å². The lowest BCUT2D eigenvalue weighted by atomic mass is 10.2. The van der Waals surface area contributed by atoms with Crippen molar-refractivity contribution in [2.45, 2.75) is 26.2 Å². The Balaban J connectivity index is 2.65. The summed E-state index contributed by atoms with van der Waals surface area (Å²) < 4.78 is 13.2. The van der Waals surface area contributed by atoms with Gasteiger partial charge in [0.25, 0.3) is 0 Å². The van der Waals surface area contributed by atoms with E-state index in [-0.39, 0.29) is 11.5 Å². The molecule has 0 bridgehead atoms. The number of nitrogens with two attached hydrogens (primary N) is 1. The van der Waals surface area contributed by atoms with Crippen molar-refractivity contribution in [2.24, 2.45) is 0 Å². The van der Waals surface area contributed by atoms with Gasteiger partial charge < -0.3 is 10.6 Å². The monoisotopic (exact) mass is 210 g/mol. The van der Waals surface area contributed by atoms with Gasteiger partial charge in [0.15, 0.2) is 0 Å². The van der Waals surface area contributed by atoms with E-state index in [1.165, 1.54) is 18.9 Å². The molecule has 0 saturated carbocycles. The average molecular weight is 210 g/mol. The zero-order chi connectivity index (χ0) is 11.3. The second kappa shape index (κ2) is 5.59. The smallest absolute Gasteiger partial charge is 0.148 e. The van der Waals surface area contributed by atoms with E-state index in [9.17, 15) is 4.39 Å². The Bertz CT molecular complexity index is 312. The van der Waals surface area contributed by atoms with E-state index in [0.29, 0.717) is 0 Å². The summed E-state index contributed by atoms with van der Waals surface area (Å²) in [6.45, 7) is 3.08. The van der Waals surface area contributed by atoms with Gasteiger partial charge >= 0.3 is 0 Å². The van der Waals surface area contributed by atoms with Crippen LogP contribution in [0.2, 0.25) is 0 Å². The molecule has 1 rings (SSSR count). The molecule has 84 valence electrons. The highest BCUT2D eigenvalue weighted by molar-refractivity contribution is 5.67. The molecule has 0 atom stereocenters. The molecule has 1 aromatic carbocycles. The molecule has 0 aliphatic rings. The third kappa shape index (κ3) is 3.11. The Morgan fingerprint density at radius 2 is 2.07 bits per heavy atom. The van der Waals surface area contributed by atoms with Gasteiger partial charge in [0.1, 0.15) is 5.82 Å². The molecule has 0 aromatic heterocycles.